The van der Waals surface area contributed by atoms with E-state index in [1.807, 2.05) is 6.07 Å². The fraction of sp³-hybridized carbons (Fsp3) is 0.286. The Balaban J connectivity index is 2.89. The van der Waals surface area contributed by atoms with Crippen LogP contribution in [0.3, 0.4) is 0 Å². The molecule has 0 aliphatic heterocycles. The Morgan fingerprint density at radius 1 is 1.69 bits per heavy atom. The van der Waals surface area contributed by atoms with Gasteiger partial charge in [0.05, 0.1) is 11.8 Å². The summed E-state index contributed by atoms with van der Waals surface area (Å²) in [5.41, 5.74) is 6.21. The summed E-state index contributed by atoms with van der Waals surface area (Å²) in [6.07, 6.45) is 1.42. The van der Waals surface area contributed by atoms with Gasteiger partial charge in [-0.3, -0.25) is 0 Å². The first-order chi connectivity index (χ1) is 6.29. The molecule has 0 fully saturated rings. The molecule has 0 amide bonds. The normalized spacial score (nSPS) is 9.23. The summed E-state index contributed by atoms with van der Waals surface area (Å²) in [6.45, 7) is 0. The summed E-state index contributed by atoms with van der Waals surface area (Å²) in [6, 6.07) is 2.01. The molecule has 13 heavy (non-hydrogen) atoms. The van der Waals surface area contributed by atoms with Crippen molar-refractivity contribution in [2.75, 3.05) is 23.9 Å². The number of anilines is 2. The number of hydrogen-bond acceptors (Lipinski definition) is 6. The molecule has 1 heterocycles. The number of nitrogen functional groups attached to an aromatic ring is 1. The molecule has 1 aromatic rings. The molecule has 5 nitrogen and oxygen atoms in total. The van der Waals surface area contributed by atoms with E-state index >= 15 is 0 Å². The van der Waals surface area contributed by atoms with Gasteiger partial charge in [-0.15, -0.1) is 0 Å². The Morgan fingerprint density at radius 2 is 2.46 bits per heavy atom. The molecule has 0 spiro atoms. The molecular formula is C7H9N5S. The van der Waals surface area contributed by atoms with E-state index in [4.69, 9.17) is 11.0 Å². The largest absolute Gasteiger partial charge is 0.394 e. The van der Waals surface area contributed by atoms with Crippen LogP contribution in [0.2, 0.25) is 0 Å². The first-order valence-corrected chi connectivity index (χ1v) is 4.56. The lowest BCUT2D eigenvalue weighted by atomic mass is 10.5. The number of hydrogen-bond donors (Lipinski definition) is 2. The van der Waals surface area contributed by atoms with Crippen LogP contribution < -0.4 is 11.1 Å². The van der Waals surface area contributed by atoms with Crippen LogP contribution in [0.1, 0.15) is 0 Å². The number of thioether (sulfide) groups is 1. The average Bonchev–Trinajstić information content (AvgIpc) is 2.16. The number of aromatic nitrogens is 2. The summed E-state index contributed by atoms with van der Waals surface area (Å²) in [7, 11) is 1.73. The maximum Gasteiger partial charge on any atom is 0.153 e. The van der Waals surface area contributed by atoms with Gasteiger partial charge in [-0.25, -0.2) is 9.97 Å². The van der Waals surface area contributed by atoms with Crippen LogP contribution >= 0.6 is 11.8 Å². The van der Waals surface area contributed by atoms with Crippen molar-refractivity contribution in [1.29, 1.82) is 5.26 Å². The van der Waals surface area contributed by atoms with Gasteiger partial charge < -0.3 is 11.1 Å². The van der Waals surface area contributed by atoms with E-state index in [0.29, 0.717) is 22.3 Å². The second-order valence-corrected chi connectivity index (χ2v) is 3.10. The number of nitrogens with two attached hydrogens (primary N) is 1. The van der Waals surface area contributed by atoms with E-state index in [-0.39, 0.29) is 0 Å². The Kier molecular flexibility index (Phi) is 3.34. The number of nitrogens with one attached hydrogen (secondary N) is 1. The zero-order valence-electron chi connectivity index (χ0n) is 7.11. The van der Waals surface area contributed by atoms with Gasteiger partial charge in [-0.1, -0.05) is 11.8 Å². The highest BCUT2D eigenvalue weighted by atomic mass is 32.2. The van der Waals surface area contributed by atoms with Crippen LogP contribution in [-0.2, 0) is 0 Å². The zero-order chi connectivity index (χ0) is 9.68. The van der Waals surface area contributed by atoms with Crippen LogP contribution in [0.15, 0.2) is 11.4 Å². The fourth-order valence-corrected chi connectivity index (χ4v) is 1.37. The highest BCUT2D eigenvalue weighted by molar-refractivity contribution is 7.99. The maximum atomic E-state index is 8.37. The van der Waals surface area contributed by atoms with Crippen molar-refractivity contribution in [3.63, 3.8) is 0 Å². The predicted octanol–water partition coefficient (Wildman–Crippen LogP) is 0.716. The molecule has 6 heteroatoms. The molecule has 0 unspecified atom stereocenters. The second-order valence-electron chi connectivity index (χ2n) is 2.14. The third-order valence-electron chi connectivity index (χ3n) is 1.36. The van der Waals surface area contributed by atoms with E-state index < -0.39 is 0 Å². The minimum atomic E-state index is 0.338. The van der Waals surface area contributed by atoms with Gasteiger partial charge in [0.1, 0.15) is 17.0 Å². The van der Waals surface area contributed by atoms with Crippen LogP contribution in [0, 0.1) is 11.3 Å². The number of nitriles is 1. The van der Waals surface area contributed by atoms with Crippen molar-refractivity contribution >= 4 is 23.3 Å². The molecular weight excluding hydrogens is 186 g/mol. The fourth-order valence-electron chi connectivity index (χ4n) is 0.794. The van der Waals surface area contributed by atoms with E-state index in [1.165, 1.54) is 18.1 Å². The number of rotatable bonds is 3. The summed E-state index contributed by atoms with van der Waals surface area (Å²) < 4.78 is 0. The van der Waals surface area contributed by atoms with Gasteiger partial charge in [0.15, 0.2) is 5.82 Å². The molecule has 0 aliphatic carbocycles. The van der Waals surface area contributed by atoms with Crippen molar-refractivity contribution < 1.29 is 0 Å². The Labute approximate surface area is 80.4 Å². The summed E-state index contributed by atoms with van der Waals surface area (Å²) in [5.74, 6) is 0.931. The Hall–Kier alpha value is -1.48. The molecule has 3 N–H and O–H groups in total. The van der Waals surface area contributed by atoms with E-state index in [9.17, 15) is 0 Å². The highest BCUT2D eigenvalue weighted by Crippen LogP contribution is 2.26. The summed E-state index contributed by atoms with van der Waals surface area (Å²) in [5, 5.41) is 11.9. The molecule has 1 aromatic heterocycles. The highest BCUT2D eigenvalue weighted by Gasteiger charge is 2.05. The third-order valence-corrected chi connectivity index (χ3v) is 2.23. The first-order valence-electron chi connectivity index (χ1n) is 3.57. The lowest BCUT2D eigenvalue weighted by Gasteiger charge is -2.05. The van der Waals surface area contributed by atoms with Gasteiger partial charge >= 0.3 is 0 Å². The van der Waals surface area contributed by atoms with Crippen molar-refractivity contribution in [2.24, 2.45) is 0 Å². The molecule has 0 bridgehead atoms. The zero-order valence-corrected chi connectivity index (χ0v) is 7.93. The maximum absolute atomic E-state index is 8.37. The summed E-state index contributed by atoms with van der Waals surface area (Å²) in [4.78, 5) is 7.88. The predicted molar refractivity (Wildman–Crippen MR) is 52.3 cm³/mol. The minimum absolute atomic E-state index is 0.338. The molecule has 0 atom stereocenters. The van der Waals surface area contributed by atoms with Crippen LogP contribution in [0.4, 0.5) is 11.5 Å². The molecule has 0 saturated heterocycles. The topological polar surface area (TPSA) is 87.6 Å². The third kappa shape index (κ3) is 2.23. The molecule has 0 radical (unpaired) electrons. The standard InChI is InChI=1S/C7H9N5S/c1-10-6-5(9)7(12-4-11-6)13-3-2-8/h4H,3,9H2,1H3,(H,10,11,12). The Morgan fingerprint density at radius 3 is 3.08 bits per heavy atom. The average molecular weight is 195 g/mol. The quantitative estimate of drug-likeness (QED) is 0.545. The van der Waals surface area contributed by atoms with E-state index in [0.717, 1.165) is 0 Å². The molecule has 68 valence electrons. The Bertz CT molecular complexity index is 332. The van der Waals surface area contributed by atoms with Crippen molar-refractivity contribution in [3.05, 3.63) is 6.33 Å². The van der Waals surface area contributed by atoms with Gasteiger partial charge in [0, 0.05) is 7.05 Å². The SMILES string of the molecule is CNc1ncnc(SCC#N)c1N. The van der Waals surface area contributed by atoms with Gasteiger partial charge in [-0.2, -0.15) is 5.26 Å². The molecule has 0 saturated carbocycles. The number of nitrogens with zero attached hydrogens (tertiary/aromatic N) is 3. The van der Waals surface area contributed by atoms with Crippen molar-refractivity contribution in [2.45, 2.75) is 5.03 Å². The van der Waals surface area contributed by atoms with Gasteiger partial charge in [-0.05, 0) is 0 Å². The minimum Gasteiger partial charge on any atom is -0.394 e. The van der Waals surface area contributed by atoms with Crippen LogP contribution in [-0.4, -0.2) is 22.8 Å². The summed E-state index contributed by atoms with van der Waals surface area (Å²) >= 11 is 1.30. The smallest absolute Gasteiger partial charge is 0.153 e. The van der Waals surface area contributed by atoms with Gasteiger partial charge in [0.25, 0.3) is 0 Å². The second kappa shape index (κ2) is 4.52. The lowest BCUT2D eigenvalue weighted by Crippen LogP contribution is -2.01. The van der Waals surface area contributed by atoms with Crippen molar-refractivity contribution in [3.8, 4) is 6.07 Å². The van der Waals surface area contributed by atoms with E-state index in [2.05, 4.69) is 15.3 Å². The van der Waals surface area contributed by atoms with E-state index in [1.54, 1.807) is 7.05 Å². The van der Waals surface area contributed by atoms with Gasteiger partial charge in [0.2, 0.25) is 0 Å². The lowest BCUT2D eigenvalue weighted by molar-refractivity contribution is 1.06. The molecule has 1 rings (SSSR count). The monoisotopic (exact) mass is 195 g/mol. The van der Waals surface area contributed by atoms with Crippen molar-refractivity contribution in [1.82, 2.24) is 9.97 Å². The van der Waals surface area contributed by atoms with Crippen LogP contribution in [0.25, 0.3) is 0 Å². The molecule has 0 aromatic carbocycles. The van der Waals surface area contributed by atoms with Crippen LogP contribution in [0.5, 0.6) is 0 Å². The first kappa shape index (κ1) is 9.61. The molecule has 0 aliphatic rings.